The molecule has 5 nitrogen and oxygen atoms in total. The molecule has 2 N–H and O–H groups in total. The molecule has 2 aliphatic heterocycles. The van der Waals surface area contributed by atoms with Crippen LogP contribution in [0.4, 0.5) is 0 Å². The molecule has 0 aromatic rings. The predicted octanol–water partition coefficient (Wildman–Crippen LogP) is 0.398. The number of hydrogen-bond acceptors (Lipinski definition) is 3. The van der Waals surface area contributed by atoms with E-state index in [2.05, 4.69) is 15.5 Å². The molecule has 2 amide bonds. The lowest BCUT2D eigenvalue weighted by molar-refractivity contribution is -0.126. The van der Waals surface area contributed by atoms with Gasteiger partial charge >= 0.3 is 0 Å². The molecular formula is C14H23N3O2. The van der Waals surface area contributed by atoms with Crippen LogP contribution >= 0.6 is 0 Å². The van der Waals surface area contributed by atoms with Crippen molar-refractivity contribution in [3.05, 3.63) is 0 Å². The third kappa shape index (κ3) is 2.91. The molecule has 0 radical (unpaired) electrons. The molecule has 1 saturated carbocycles. The van der Waals surface area contributed by atoms with Crippen LogP contribution in [0.25, 0.3) is 0 Å². The Bertz CT molecular complexity index is 366. The van der Waals surface area contributed by atoms with Gasteiger partial charge in [-0.1, -0.05) is 12.8 Å². The number of carbonyl (C=O) groups excluding carboxylic acids is 2. The first-order valence-corrected chi connectivity index (χ1v) is 7.56. The monoisotopic (exact) mass is 265 g/mol. The van der Waals surface area contributed by atoms with Crippen molar-refractivity contribution < 1.29 is 9.59 Å². The van der Waals surface area contributed by atoms with Crippen LogP contribution in [-0.2, 0) is 9.59 Å². The highest BCUT2D eigenvalue weighted by Crippen LogP contribution is 2.26. The van der Waals surface area contributed by atoms with Crippen molar-refractivity contribution in [1.82, 2.24) is 15.5 Å². The molecular weight excluding hydrogens is 242 g/mol. The van der Waals surface area contributed by atoms with Crippen molar-refractivity contribution in [1.29, 1.82) is 0 Å². The Kier molecular flexibility index (Phi) is 3.73. The minimum atomic E-state index is -0.298. The fourth-order valence-electron chi connectivity index (χ4n) is 3.62. The highest BCUT2D eigenvalue weighted by Gasteiger charge is 2.33. The van der Waals surface area contributed by atoms with Crippen molar-refractivity contribution in [3.63, 3.8) is 0 Å². The number of amides is 2. The van der Waals surface area contributed by atoms with E-state index in [4.69, 9.17) is 0 Å². The van der Waals surface area contributed by atoms with Gasteiger partial charge in [0.1, 0.15) is 6.04 Å². The van der Waals surface area contributed by atoms with E-state index in [-0.39, 0.29) is 23.9 Å². The molecule has 3 rings (SSSR count). The fourth-order valence-corrected chi connectivity index (χ4v) is 3.62. The zero-order valence-corrected chi connectivity index (χ0v) is 11.4. The van der Waals surface area contributed by atoms with Crippen LogP contribution in [0.1, 0.15) is 44.9 Å². The maximum absolute atomic E-state index is 12.0. The molecule has 3 fully saturated rings. The summed E-state index contributed by atoms with van der Waals surface area (Å²) in [5, 5.41) is 5.83. The average Bonchev–Trinajstić information content (AvgIpc) is 3.07. The Hall–Kier alpha value is -1.10. The Morgan fingerprint density at radius 2 is 2.00 bits per heavy atom. The number of nitrogens with one attached hydrogen (secondary N) is 2. The van der Waals surface area contributed by atoms with E-state index in [9.17, 15) is 9.59 Å². The smallest absolute Gasteiger partial charge is 0.242 e. The first-order valence-electron chi connectivity index (χ1n) is 7.56. The Labute approximate surface area is 114 Å². The Morgan fingerprint density at radius 3 is 2.68 bits per heavy atom. The van der Waals surface area contributed by atoms with E-state index in [1.807, 2.05) is 0 Å². The molecule has 2 heterocycles. The zero-order valence-electron chi connectivity index (χ0n) is 11.4. The van der Waals surface area contributed by atoms with Crippen molar-refractivity contribution in [2.24, 2.45) is 0 Å². The zero-order chi connectivity index (χ0) is 13.2. The topological polar surface area (TPSA) is 61.4 Å². The lowest BCUT2D eigenvalue weighted by Gasteiger charge is -2.23. The lowest BCUT2D eigenvalue weighted by atomic mass is 10.2. The summed E-state index contributed by atoms with van der Waals surface area (Å²) in [6, 6.07) is 0.715. The predicted molar refractivity (Wildman–Crippen MR) is 71.5 cm³/mol. The number of hydrogen-bond donors (Lipinski definition) is 2. The summed E-state index contributed by atoms with van der Waals surface area (Å²) in [4.78, 5) is 25.7. The summed E-state index contributed by atoms with van der Waals surface area (Å²) in [7, 11) is 0. The molecule has 2 saturated heterocycles. The number of likely N-dealkylation sites (tertiary alicyclic amines) is 1. The second-order valence-corrected chi connectivity index (χ2v) is 6.09. The molecule has 1 aliphatic carbocycles. The van der Waals surface area contributed by atoms with Crippen molar-refractivity contribution in [3.8, 4) is 0 Å². The minimum absolute atomic E-state index is 0.000783. The van der Waals surface area contributed by atoms with Gasteiger partial charge < -0.3 is 10.6 Å². The Balaban J connectivity index is 1.46. The van der Waals surface area contributed by atoms with E-state index in [0.717, 1.165) is 25.6 Å². The fraction of sp³-hybridized carbons (Fsp3) is 0.857. The minimum Gasteiger partial charge on any atom is -0.350 e. The summed E-state index contributed by atoms with van der Waals surface area (Å²) in [6.07, 6.45) is 7.51. The average molecular weight is 265 g/mol. The summed E-state index contributed by atoms with van der Waals surface area (Å²) in [5.41, 5.74) is 0. The van der Waals surface area contributed by atoms with Crippen LogP contribution < -0.4 is 10.6 Å². The number of rotatable bonds is 3. The highest BCUT2D eigenvalue weighted by atomic mass is 16.2. The lowest BCUT2D eigenvalue weighted by Crippen LogP contribution is -2.47. The van der Waals surface area contributed by atoms with Gasteiger partial charge in [0, 0.05) is 31.6 Å². The van der Waals surface area contributed by atoms with Gasteiger partial charge in [-0.05, 0) is 25.7 Å². The summed E-state index contributed by atoms with van der Waals surface area (Å²) in [6.45, 7) is 2.09. The molecule has 2 unspecified atom stereocenters. The van der Waals surface area contributed by atoms with E-state index in [0.29, 0.717) is 12.8 Å². The van der Waals surface area contributed by atoms with Crippen LogP contribution in [0.2, 0.25) is 0 Å². The van der Waals surface area contributed by atoms with Crippen LogP contribution in [-0.4, -0.2) is 47.9 Å². The third-order valence-electron chi connectivity index (χ3n) is 4.72. The molecule has 0 bridgehead atoms. The molecule has 19 heavy (non-hydrogen) atoms. The maximum atomic E-state index is 12.0. The Morgan fingerprint density at radius 1 is 1.21 bits per heavy atom. The summed E-state index contributed by atoms with van der Waals surface area (Å²) >= 11 is 0. The van der Waals surface area contributed by atoms with Crippen molar-refractivity contribution in [2.75, 3.05) is 13.1 Å². The molecule has 0 aromatic carbocycles. The van der Waals surface area contributed by atoms with Gasteiger partial charge in [-0.3, -0.25) is 14.5 Å². The van der Waals surface area contributed by atoms with Gasteiger partial charge in [-0.15, -0.1) is 0 Å². The van der Waals surface area contributed by atoms with Crippen LogP contribution in [0.3, 0.4) is 0 Å². The highest BCUT2D eigenvalue weighted by molar-refractivity contribution is 5.90. The molecule has 0 aromatic heterocycles. The maximum Gasteiger partial charge on any atom is 0.242 e. The summed E-state index contributed by atoms with van der Waals surface area (Å²) < 4.78 is 0. The molecule has 5 heteroatoms. The second-order valence-electron chi connectivity index (χ2n) is 6.09. The van der Waals surface area contributed by atoms with Gasteiger partial charge in [0.2, 0.25) is 11.8 Å². The SMILES string of the molecule is O=C1CCC(C(=O)NC2CCN(C3CCCC3)C2)N1. The second kappa shape index (κ2) is 5.49. The van der Waals surface area contributed by atoms with Gasteiger partial charge in [0.05, 0.1) is 0 Å². The van der Waals surface area contributed by atoms with Crippen molar-refractivity contribution >= 4 is 11.8 Å². The third-order valence-corrected chi connectivity index (χ3v) is 4.72. The van der Waals surface area contributed by atoms with E-state index >= 15 is 0 Å². The summed E-state index contributed by atoms with van der Waals surface area (Å²) in [5.74, 6) is 0.00303. The van der Waals surface area contributed by atoms with Gasteiger partial charge in [-0.25, -0.2) is 0 Å². The van der Waals surface area contributed by atoms with Crippen LogP contribution in [0, 0.1) is 0 Å². The normalized spacial score (nSPS) is 32.7. The molecule has 106 valence electrons. The largest absolute Gasteiger partial charge is 0.350 e. The van der Waals surface area contributed by atoms with Gasteiger partial charge in [0.15, 0.2) is 0 Å². The molecule has 3 aliphatic rings. The van der Waals surface area contributed by atoms with Crippen molar-refractivity contribution in [2.45, 2.75) is 63.1 Å². The van der Waals surface area contributed by atoms with Gasteiger partial charge in [-0.2, -0.15) is 0 Å². The first kappa shape index (κ1) is 12.9. The van der Waals surface area contributed by atoms with E-state index in [1.54, 1.807) is 0 Å². The molecule has 0 spiro atoms. The molecule has 2 atom stereocenters. The van der Waals surface area contributed by atoms with E-state index in [1.165, 1.54) is 25.7 Å². The standard InChI is InChI=1S/C14H23N3O2/c18-13-6-5-12(16-13)14(19)15-10-7-8-17(9-10)11-3-1-2-4-11/h10-12H,1-9H2,(H,15,19)(H,16,18). The van der Waals surface area contributed by atoms with E-state index < -0.39 is 0 Å². The quantitative estimate of drug-likeness (QED) is 0.776. The van der Waals surface area contributed by atoms with Gasteiger partial charge in [0.25, 0.3) is 0 Å². The number of carbonyl (C=O) groups is 2. The van der Waals surface area contributed by atoms with Crippen LogP contribution in [0.5, 0.6) is 0 Å². The van der Waals surface area contributed by atoms with Crippen LogP contribution in [0.15, 0.2) is 0 Å². The first-order chi connectivity index (χ1) is 9.22. The number of nitrogens with zero attached hydrogens (tertiary/aromatic N) is 1.